The molecule has 1 rings (SSSR count). The second-order valence-electron chi connectivity index (χ2n) is 4.68. The third-order valence-electron chi connectivity index (χ3n) is 3.08. The summed E-state index contributed by atoms with van der Waals surface area (Å²) >= 11 is 0. The van der Waals surface area contributed by atoms with Crippen molar-refractivity contribution in [1.82, 2.24) is 15.1 Å². The summed E-state index contributed by atoms with van der Waals surface area (Å²) in [5, 5.41) is 7.77. The summed E-state index contributed by atoms with van der Waals surface area (Å²) < 4.78 is 7.74. The lowest BCUT2D eigenvalue weighted by Gasteiger charge is -2.09. The standard InChI is InChI=1S/C14H27N3O/c1-5-7-8-9-10-18-14-13(11-15-6-2)12(3)16-17(14)4/h15H,5-11H2,1-4H3. The molecule has 104 valence electrons. The maximum atomic E-state index is 5.89. The van der Waals surface area contributed by atoms with Crippen molar-refractivity contribution in [1.29, 1.82) is 0 Å². The van der Waals surface area contributed by atoms with Gasteiger partial charge < -0.3 is 10.1 Å². The van der Waals surface area contributed by atoms with E-state index in [9.17, 15) is 0 Å². The number of hydrogen-bond acceptors (Lipinski definition) is 3. The third kappa shape index (κ3) is 4.33. The van der Waals surface area contributed by atoms with Gasteiger partial charge in [-0.2, -0.15) is 5.10 Å². The van der Waals surface area contributed by atoms with E-state index in [1.165, 1.54) is 24.8 Å². The molecule has 0 radical (unpaired) electrons. The van der Waals surface area contributed by atoms with Gasteiger partial charge in [0.15, 0.2) is 0 Å². The van der Waals surface area contributed by atoms with Crippen LogP contribution in [0.1, 0.15) is 50.8 Å². The first-order chi connectivity index (χ1) is 8.70. The normalized spacial score (nSPS) is 10.9. The van der Waals surface area contributed by atoms with Crippen molar-refractivity contribution in [2.75, 3.05) is 13.2 Å². The SMILES string of the molecule is CCCCCCOc1c(CNCC)c(C)nn1C. The van der Waals surface area contributed by atoms with Gasteiger partial charge in [-0.05, 0) is 19.9 Å². The predicted octanol–water partition coefficient (Wildman–Crippen LogP) is 2.80. The second kappa shape index (κ2) is 8.14. The van der Waals surface area contributed by atoms with E-state index in [0.29, 0.717) is 0 Å². The van der Waals surface area contributed by atoms with Gasteiger partial charge >= 0.3 is 0 Å². The van der Waals surface area contributed by atoms with E-state index < -0.39 is 0 Å². The summed E-state index contributed by atoms with van der Waals surface area (Å²) in [6.07, 6.45) is 4.92. The highest BCUT2D eigenvalue weighted by Crippen LogP contribution is 2.21. The molecule has 4 nitrogen and oxygen atoms in total. The van der Waals surface area contributed by atoms with Gasteiger partial charge in [0.25, 0.3) is 0 Å². The van der Waals surface area contributed by atoms with E-state index in [2.05, 4.69) is 24.3 Å². The second-order valence-corrected chi connectivity index (χ2v) is 4.68. The average Bonchev–Trinajstić information content (AvgIpc) is 2.61. The Labute approximate surface area is 111 Å². The third-order valence-corrected chi connectivity index (χ3v) is 3.08. The van der Waals surface area contributed by atoms with Crippen molar-refractivity contribution < 1.29 is 4.74 Å². The zero-order valence-electron chi connectivity index (χ0n) is 12.3. The number of rotatable bonds is 9. The molecule has 1 N–H and O–H groups in total. The quantitative estimate of drug-likeness (QED) is 0.688. The lowest BCUT2D eigenvalue weighted by atomic mass is 10.2. The van der Waals surface area contributed by atoms with Crippen LogP contribution in [0.15, 0.2) is 0 Å². The minimum Gasteiger partial charge on any atom is -0.478 e. The number of ether oxygens (including phenoxy) is 1. The Balaban J connectivity index is 2.51. The summed E-state index contributed by atoms with van der Waals surface area (Å²) in [4.78, 5) is 0. The monoisotopic (exact) mass is 253 g/mol. The van der Waals surface area contributed by atoms with Gasteiger partial charge in [-0.3, -0.25) is 0 Å². The summed E-state index contributed by atoms with van der Waals surface area (Å²) in [7, 11) is 1.95. The van der Waals surface area contributed by atoms with Crippen LogP contribution in [0.25, 0.3) is 0 Å². The number of unbranched alkanes of at least 4 members (excludes halogenated alkanes) is 3. The molecular weight excluding hydrogens is 226 g/mol. The molecule has 0 aromatic carbocycles. The molecule has 1 heterocycles. The van der Waals surface area contributed by atoms with Crippen molar-refractivity contribution in [2.24, 2.45) is 7.05 Å². The summed E-state index contributed by atoms with van der Waals surface area (Å²) in [5.74, 6) is 0.921. The molecule has 0 aliphatic rings. The van der Waals surface area contributed by atoms with E-state index in [0.717, 1.165) is 37.7 Å². The van der Waals surface area contributed by atoms with Crippen molar-refractivity contribution in [3.05, 3.63) is 11.3 Å². The molecule has 0 atom stereocenters. The Kier molecular flexibility index (Phi) is 6.80. The molecule has 0 bridgehead atoms. The van der Waals surface area contributed by atoms with Crippen LogP contribution in [0, 0.1) is 6.92 Å². The first-order valence-electron chi connectivity index (χ1n) is 7.06. The molecule has 0 unspecified atom stereocenters. The smallest absolute Gasteiger partial charge is 0.216 e. The zero-order chi connectivity index (χ0) is 13.4. The fourth-order valence-corrected chi connectivity index (χ4v) is 2.01. The topological polar surface area (TPSA) is 39.1 Å². The van der Waals surface area contributed by atoms with Gasteiger partial charge in [-0.15, -0.1) is 0 Å². The maximum Gasteiger partial charge on any atom is 0.216 e. The van der Waals surface area contributed by atoms with Crippen LogP contribution in [-0.2, 0) is 13.6 Å². The van der Waals surface area contributed by atoms with Gasteiger partial charge in [0.05, 0.1) is 17.9 Å². The van der Waals surface area contributed by atoms with Gasteiger partial charge in [0.2, 0.25) is 5.88 Å². The first-order valence-corrected chi connectivity index (χ1v) is 7.06. The Hall–Kier alpha value is -1.03. The number of nitrogens with zero attached hydrogens (tertiary/aromatic N) is 2. The molecule has 4 heteroatoms. The zero-order valence-corrected chi connectivity index (χ0v) is 12.3. The highest BCUT2D eigenvalue weighted by molar-refractivity contribution is 5.30. The van der Waals surface area contributed by atoms with Crippen LogP contribution >= 0.6 is 0 Å². The van der Waals surface area contributed by atoms with E-state index in [4.69, 9.17) is 4.74 Å². The highest BCUT2D eigenvalue weighted by atomic mass is 16.5. The summed E-state index contributed by atoms with van der Waals surface area (Å²) in [6.45, 7) is 8.95. The van der Waals surface area contributed by atoms with Crippen LogP contribution in [0.4, 0.5) is 0 Å². The van der Waals surface area contributed by atoms with Crippen LogP contribution in [0.3, 0.4) is 0 Å². The van der Waals surface area contributed by atoms with Crippen molar-refractivity contribution in [2.45, 2.75) is 53.0 Å². The van der Waals surface area contributed by atoms with Crippen LogP contribution < -0.4 is 10.1 Å². The number of aryl methyl sites for hydroxylation is 2. The Morgan fingerprint density at radius 2 is 2.00 bits per heavy atom. The molecular formula is C14H27N3O. The maximum absolute atomic E-state index is 5.89. The molecule has 1 aromatic rings. The number of aromatic nitrogens is 2. The number of nitrogens with one attached hydrogen (secondary N) is 1. The molecule has 0 aliphatic carbocycles. The molecule has 0 aliphatic heterocycles. The summed E-state index contributed by atoms with van der Waals surface area (Å²) in [6, 6.07) is 0. The van der Waals surface area contributed by atoms with E-state index in [1.54, 1.807) is 0 Å². The Morgan fingerprint density at radius 1 is 1.22 bits per heavy atom. The molecule has 0 fully saturated rings. The minimum absolute atomic E-state index is 0.790. The van der Waals surface area contributed by atoms with Crippen LogP contribution in [0.2, 0.25) is 0 Å². The predicted molar refractivity (Wildman–Crippen MR) is 75.0 cm³/mol. The average molecular weight is 253 g/mol. The summed E-state index contributed by atoms with van der Waals surface area (Å²) in [5.41, 5.74) is 2.25. The lowest BCUT2D eigenvalue weighted by molar-refractivity contribution is 0.276. The van der Waals surface area contributed by atoms with Gasteiger partial charge in [-0.25, -0.2) is 4.68 Å². The van der Waals surface area contributed by atoms with Gasteiger partial charge in [0.1, 0.15) is 0 Å². The van der Waals surface area contributed by atoms with E-state index in [1.807, 2.05) is 18.7 Å². The molecule has 18 heavy (non-hydrogen) atoms. The fraction of sp³-hybridized carbons (Fsp3) is 0.786. The Bertz CT molecular complexity index is 347. The largest absolute Gasteiger partial charge is 0.478 e. The van der Waals surface area contributed by atoms with Gasteiger partial charge in [0, 0.05) is 13.6 Å². The first kappa shape index (κ1) is 15.0. The Morgan fingerprint density at radius 3 is 2.67 bits per heavy atom. The van der Waals surface area contributed by atoms with Crippen LogP contribution in [0.5, 0.6) is 5.88 Å². The minimum atomic E-state index is 0.790. The molecule has 0 saturated carbocycles. The lowest BCUT2D eigenvalue weighted by Crippen LogP contribution is -2.13. The molecule has 1 aromatic heterocycles. The number of hydrogen-bond donors (Lipinski definition) is 1. The van der Waals surface area contributed by atoms with Crippen LogP contribution in [-0.4, -0.2) is 22.9 Å². The fourth-order valence-electron chi connectivity index (χ4n) is 2.01. The molecule has 0 spiro atoms. The van der Waals surface area contributed by atoms with Gasteiger partial charge in [-0.1, -0.05) is 33.1 Å². The highest BCUT2D eigenvalue weighted by Gasteiger charge is 2.13. The van der Waals surface area contributed by atoms with E-state index in [-0.39, 0.29) is 0 Å². The van der Waals surface area contributed by atoms with Crippen molar-refractivity contribution in [3.63, 3.8) is 0 Å². The van der Waals surface area contributed by atoms with Crippen molar-refractivity contribution in [3.8, 4) is 5.88 Å². The molecule has 0 amide bonds. The van der Waals surface area contributed by atoms with E-state index >= 15 is 0 Å². The molecule has 0 saturated heterocycles. The van der Waals surface area contributed by atoms with Crippen molar-refractivity contribution >= 4 is 0 Å².